The monoisotopic (exact) mass is 354 g/mol. The third-order valence-corrected chi connectivity index (χ3v) is 3.24. The number of halogens is 3. The molecule has 1 aromatic carbocycles. The summed E-state index contributed by atoms with van der Waals surface area (Å²) in [4.78, 5) is 8.29. The summed E-state index contributed by atoms with van der Waals surface area (Å²) >= 11 is 3.03. The first kappa shape index (κ1) is 13.7. The topological polar surface area (TPSA) is 78.5 Å². The molecule has 0 aliphatic carbocycles. The molecule has 0 spiro atoms. The number of fused-ring (bicyclic) bond motifs is 1. The van der Waals surface area contributed by atoms with Gasteiger partial charge in [0.15, 0.2) is 17.3 Å². The summed E-state index contributed by atoms with van der Waals surface area (Å²) < 4.78 is 28.1. The van der Waals surface area contributed by atoms with Crippen molar-refractivity contribution in [3.8, 4) is 0 Å². The molecule has 0 atom stereocenters. The van der Waals surface area contributed by atoms with Crippen molar-refractivity contribution >= 4 is 44.4 Å². The molecule has 2 aromatic heterocycles. The standard InChI is InChI=1S/C12H9BrF2N6/c1-16-12-19-10(6-4-17-21-11(6)20-12)18-9-7(14)2-5(13)3-8(9)15/h2-4H,1H3,(H3,16,17,18,19,20,21). The molecule has 2 heterocycles. The van der Waals surface area contributed by atoms with E-state index in [0.717, 1.165) is 12.1 Å². The molecule has 0 unspecified atom stereocenters. The second-order valence-electron chi connectivity index (χ2n) is 4.15. The fourth-order valence-corrected chi connectivity index (χ4v) is 2.22. The summed E-state index contributed by atoms with van der Waals surface area (Å²) in [6.45, 7) is 0. The van der Waals surface area contributed by atoms with Crippen molar-refractivity contribution in [1.82, 2.24) is 20.2 Å². The molecule has 0 saturated heterocycles. The van der Waals surface area contributed by atoms with Gasteiger partial charge in [-0.25, -0.2) is 8.78 Å². The Labute approximate surface area is 126 Å². The van der Waals surface area contributed by atoms with E-state index in [9.17, 15) is 8.78 Å². The molecule has 3 rings (SSSR count). The Morgan fingerprint density at radius 3 is 2.57 bits per heavy atom. The maximum absolute atomic E-state index is 13.9. The molecule has 0 bridgehead atoms. The summed E-state index contributed by atoms with van der Waals surface area (Å²) in [5, 5.41) is 12.5. The molecule has 0 amide bonds. The Morgan fingerprint density at radius 1 is 1.19 bits per heavy atom. The fraction of sp³-hybridized carbons (Fsp3) is 0.0833. The van der Waals surface area contributed by atoms with Crippen LogP contribution in [0.3, 0.4) is 0 Å². The number of aromatic nitrogens is 4. The van der Waals surface area contributed by atoms with E-state index in [2.05, 4.69) is 46.7 Å². The normalized spacial score (nSPS) is 10.9. The van der Waals surface area contributed by atoms with Gasteiger partial charge in [0.25, 0.3) is 0 Å². The Hall–Kier alpha value is -2.29. The molecule has 0 aliphatic rings. The van der Waals surface area contributed by atoms with Crippen LogP contribution >= 0.6 is 15.9 Å². The second-order valence-corrected chi connectivity index (χ2v) is 5.06. The Bertz CT molecular complexity index is 796. The van der Waals surface area contributed by atoms with E-state index in [4.69, 9.17) is 0 Å². The van der Waals surface area contributed by atoms with Gasteiger partial charge in [-0.15, -0.1) is 0 Å². The zero-order chi connectivity index (χ0) is 15.0. The van der Waals surface area contributed by atoms with Gasteiger partial charge in [-0.3, -0.25) is 5.10 Å². The number of rotatable bonds is 3. The van der Waals surface area contributed by atoms with Crippen molar-refractivity contribution in [1.29, 1.82) is 0 Å². The molecule has 0 aliphatic heterocycles. The average molecular weight is 355 g/mol. The van der Waals surface area contributed by atoms with Crippen LogP contribution in [0.25, 0.3) is 11.0 Å². The Morgan fingerprint density at radius 2 is 1.90 bits per heavy atom. The number of H-pyrrole nitrogens is 1. The van der Waals surface area contributed by atoms with Crippen LogP contribution < -0.4 is 10.6 Å². The van der Waals surface area contributed by atoms with Gasteiger partial charge in [-0.05, 0) is 12.1 Å². The van der Waals surface area contributed by atoms with E-state index < -0.39 is 11.6 Å². The third kappa shape index (κ3) is 2.51. The van der Waals surface area contributed by atoms with Crippen molar-refractivity contribution in [2.75, 3.05) is 17.7 Å². The highest BCUT2D eigenvalue weighted by atomic mass is 79.9. The van der Waals surface area contributed by atoms with Crippen LogP contribution in [0.1, 0.15) is 0 Å². The second kappa shape index (κ2) is 5.24. The number of nitrogens with zero attached hydrogens (tertiary/aromatic N) is 3. The van der Waals surface area contributed by atoms with Crippen molar-refractivity contribution in [3.05, 3.63) is 34.4 Å². The lowest BCUT2D eigenvalue weighted by Crippen LogP contribution is -2.04. The van der Waals surface area contributed by atoms with Gasteiger partial charge >= 0.3 is 0 Å². The zero-order valence-corrected chi connectivity index (χ0v) is 12.3. The van der Waals surface area contributed by atoms with E-state index in [1.807, 2.05) is 0 Å². The van der Waals surface area contributed by atoms with E-state index in [1.54, 1.807) is 7.05 Å². The van der Waals surface area contributed by atoms with Gasteiger partial charge in [0.1, 0.15) is 11.5 Å². The van der Waals surface area contributed by atoms with E-state index in [-0.39, 0.29) is 11.5 Å². The summed E-state index contributed by atoms with van der Waals surface area (Å²) in [5.74, 6) is -0.920. The van der Waals surface area contributed by atoms with Crippen LogP contribution in [0.4, 0.5) is 26.2 Å². The predicted molar refractivity (Wildman–Crippen MR) is 78.6 cm³/mol. The Balaban J connectivity index is 2.11. The molecule has 9 heteroatoms. The fourth-order valence-electron chi connectivity index (χ4n) is 1.82. The number of aromatic amines is 1. The minimum Gasteiger partial charge on any atom is -0.357 e. The summed E-state index contributed by atoms with van der Waals surface area (Å²) in [7, 11) is 1.64. The van der Waals surface area contributed by atoms with E-state index in [1.165, 1.54) is 6.20 Å². The minimum absolute atomic E-state index is 0.248. The van der Waals surface area contributed by atoms with Crippen LogP contribution in [0.15, 0.2) is 22.8 Å². The van der Waals surface area contributed by atoms with Crippen LogP contribution in [-0.2, 0) is 0 Å². The SMILES string of the molecule is CNc1nc(Nc2c(F)cc(Br)cc2F)c2cn[nH]c2n1. The maximum atomic E-state index is 13.9. The number of benzene rings is 1. The van der Waals surface area contributed by atoms with Gasteiger partial charge in [0.2, 0.25) is 5.95 Å². The molecule has 3 aromatic rings. The van der Waals surface area contributed by atoms with E-state index >= 15 is 0 Å². The minimum atomic E-state index is -0.733. The molecule has 6 nitrogen and oxygen atoms in total. The van der Waals surface area contributed by atoms with Crippen molar-refractivity contribution in [2.45, 2.75) is 0 Å². The maximum Gasteiger partial charge on any atom is 0.226 e. The zero-order valence-electron chi connectivity index (χ0n) is 10.7. The molecule has 3 N–H and O–H groups in total. The molecule has 21 heavy (non-hydrogen) atoms. The molecular formula is C12H9BrF2N6. The lowest BCUT2D eigenvalue weighted by atomic mass is 10.2. The van der Waals surface area contributed by atoms with Crippen molar-refractivity contribution in [3.63, 3.8) is 0 Å². The van der Waals surface area contributed by atoms with Gasteiger partial charge in [-0.1, -0.05) is 15.9 Å². The highest BCUT2D eigenvalue weighted by molar-refractivity contribution is 9.10. The van der Waals surface area contributed by atoms with Crippen molar-refractivity contribution in [2.24, 2.45) is 0 Å². The smallest absolute Gasteiger partial charge is 0.226 e. The first-order valence-corrected chi connectivity index (χ1v) is 6.68. The molecule has 108 valence electrons. The summed E-state index contributed by atoms with van der Waals surface area (Å²) in [6.07, 6.45) is 1.48. The Kier molecular flexibility index (Phi) is 3.42. The van der Waals surface area contributed by atoms with Crippen molar-refractivity contribution < 1.29 is 8.78 Å². The van der Waals surface area contributed by atoms with Gasteiger partial charge in [-0.2, -0.15) is 15.1 Å². The van der Waals surface area contributed by atoms with Gasteiger partial charge in [0.05, 0.1) is 11.6 Å². The lowest BCUT2D eigenvalue weighted by Gasteiger charge is -2.10. The van der Waals surface area contributed by atoms with Gasteiger partial charge in [0, 0.05) is 11.5 Å². The average Bonchev–Trinajstić information content (AvgIpc) is 2.90. The highest BCUT2D eigenvalue weighted by Crippen LogP contribution is 2.29. The van der Waals surface area contributed by atoms with Crippen LogP contribution in [0.2, 0.25) is 0 Å². The summed E-state index contributed by atoms with van der Waals surface area (Å²) in [6, 6.07) is 2.33. The predicted octanol–water partition coefficient (Wildman–Crippen LogP) is 3.18. The van der Waals surface area contributed by atoms with Crippen LogP contribution in [-0.4, -0.2) is 27.2 Å². The van der Waals surface area contributed by atoms with E-state index in [0.29, 0.717) is 21.5 Å². The largest absolute Gasteiger partial charge is 0.357 e. The molecule has 0 fully saturated rings. The first-order chi connectivity index (χ1) is 10.1. The number of hydrogen-bond donors (Lipinski definition) is 3. The number of hydrogen-bond acceptors (Lipinski definition) is 5. The molecule has 0 saturated carbocycles. The molecular weight excluding hydrogens is 346 g/mol. The highest BCUT2D eigenvalue weighted by Gasteiger charge is 2.15. The third-order valence-electron chi connectivity index (χ3n) is 2.78. The van der Waals surface area contributed by atoms with Gasteiger partial charge < -0.3 is 10.6 Å². The summed E-state index contributed by atoms with van der Waals surface area (Å²) in [5.41, 5.74) is 0.163. The lowest BCUT2D eigenvalue weighted by molar-refractivity contribution is 0.589. The van der Waals surface area contributed by atoms with Crippen LogP contribution in [0.5, 0.6) is 0 Å². The first-order valence-electron chi connectivity index (χ1n) is 5.89. The number of nitrogens with one attached hydrogen (secondary N) is 3. The number of anilines is 3. The van der Waals surface area contributed by atoms with Crippen LogP contribution in [0, 0.1) is 11.6 Å². The quantitative estimate of drug-likeness (QED) is 0.673. The molecule has 0 radical (unpaired) electrons.